The van der Waals surface area contributed by atoms with Crippen molar-refractivity contribution in [2.75, 3.05) is 5.73 Å². The molecule has 0 spiro atoms. The first-order chi connectivity index (χ1) is 7.66. The fraction of sp³-hybridized carbons (Fsp3) is 0. The molecule has 0 radical (unpaired) electrons. The van der Waals surface area contributed by atoms with E-state index in [9.17, 15) is 4.39 Å². The lowest BCUT2D eigenvalue weighted by Crippen LogP contribution is -1.92. The standard InChI is InChI=1S/C11H8BrFN2O/c12-11-8(14)2-1-3-9(11)16-10-5-4-7(13)6-15-10/h1-6H,14H2. The van der Waals surface area contributed by atoms with E-state index in [0.29, 0.717) is 21.8 Å². The van der Waals surface area contributed by atoms with Crippen LogP contribution in [0.15, 0.2) is 41.0 Å². The van der Waals surface area contributed by atoms with Crippen molar-refractivity contribution in [1.29, 1.82) is 0 Å². The Morgan fingerprint density at radius 2 is 2.06 bits per heavy atom. The molecule has 1 heterocycles. The Bertz CT molecular complexity index is 502. The fourth-order valence-electron chi connectivity index (χ4n) is 1.14. The Balaban J connectivity index is 2.27. The summed E-state index contributed by atoms with van der Waals surface area (Å²) in [6.45, 7) is 0. The van der Waals surface area contributed by atoms with E-state index in [4.69, 9.17) is 10.5 Å². The van der Waals surface area contributed by atoms with Gasteiger partial charge in [0.1, 0.15) is 11.6 Å². The summed E-state index contributed by atoms with van der Waals surface area (Å²) in [4.78, 5) is 3.79. The molecule has 2 N–H and O–H groups in total. The molecule has 82 valence electrons. The van der Waals surface area contributed by atoms with E-state index in [1.807, 2.05) is 0 Å². The quantitative estimate of drug-likeness (QED) is 0.860. The van der Waals surface area contributed by atoms with Crippen LogP contribution in [0.2, 0.25) is 0 Å². The highest BCUT2D eigenvalue weighted by atomic mass is 79.9. The van der Waals surface area contributed by atoms with Crippen LogP contribution in [0, 0.1) is 5.82 Å². The van der Waals surface area contributed by atoms with Crippen molar-refractivity contribution < 1.29 is 9.13 Å². The summed E-state index contributed by atoms with van der Waals surface area (Å²) in [5.41, 5.74) is 6.26. The Morgan fingerprint density at radius 3 is 2.75 bits per heavy atom. The third-order valence-corrected chi connectivity index (χ3v) is 2.76. The van der Waals surface area contributed by atoms with Crippen molar-refractivity contribution in [3.8, 4) is 11.6 Å². The first-order valence-corrected chi connectivity index (χ1v) is 5.29. The molecule has 0 unspecified atom stereocenters. The second-order valence-electron chi connectivity index (χ2n) is 3.08. The van der Waals surface area contributed by atoms with Gasteiger partial charge in [-0.3, -0.25) is 0 Å². The van der Waals surface area contributed by atoms with Gasteiger partial charge in [-0.2, -0.15) is 0 Å². The average molecular weight is 283 g/mol. The molecule has 0 atom stereocenters. The number of benzene rings is 1. The highest BCUT2D eigenvalue weighted by molar-refractivity contribution is 9.10. The zero-order valence-electron chi connectivity index (χ0n) is 8.15. The molecular formula is C11H8BrFN2O. The Morgan fingerprint density at radius 1 is 1.25 bits per heavy atom. The molecule has 1 aromatic carbocycles. The number of hydrogen-bond donors (Lipinski definition) is 1. The van der Waals surface area contributed by atoms with Gasteiger partial charge in [-0.05, 0) is 34.1 Å². The van der Waals surface area contributed by atoms with Crippen molar-refractivity contribution in [2.24, 2.45) is 0 Å². The number of halogens is 2. The molecular weight excluding hydrogens is 275 g/mol. The minimum absolute atomic E-state index is 0.313. The molecule has 5 heteroatoms. The van der Waals surface area contributed by atoms with Gasteiger partial charge in [0, 0.05) is 11.8 Å². The van der Waals surface area contributed by atoms with Gasteiger partial charge in [0.25, 0.3) is 0 Å². The SMILES string of the molecule is Nc1cccc(Oc2ccc(F)cn2)c1Br. The molecule has 0 saturated heterocycles. The van der Waals surface area contributed by atoms with Crippen LogP contribution in [-0.4, -0.2) is 4.98 Å². The predicted octanol–water partition coefficient (Wildman–Crippen LogP) is 3.36. The molecule has 0 saturated carbocycles. The van der Waals surface area contributed by atoms with Crippen molar-refractivity contribution in [1.82, 2.24) is 4.98 Å². The minimum Gasteiger partial charge on any atom is -0.438 e. The van der Waals surface area contributed by atoms with E-state index in [2.05, 4.69) is 20.9 Å². The van der Waals surface area contributed by atoms with Gasteiger partial charge >= 0.3 is 0 Å². The second kappa shape index (κ2) is 4.49. The molecule has 3 nitrogen and oxygen atoms in total. The second-order valence-corrected chi connectivity index (χ2v) is 3.87. The number of aromatic nitrogens is 1. The predicted molar refractivity (Wildman–Crippen MR) is 62.8 cm³/mol. The van der Waals surface area contributed by atoms with Gasteiger partial charge in [0.05, 0.1) is 10.7 Å². The van der Waals surface area contributed by atoms with E-state index in [1.54, 1.807) is 18.2 Å². The molecule has 0 bridgehead atoms. The molecule has 2 rings (SSSR count). The number of pyridine rings is 1. The van der Waals surface area contributed by atoms with Crippen molar-refractivity contribution >= 4 is 21.6 Å². The van der Waals surface area contributed by atoms with Gasteiger partial charge in [0.2, 0.25) is 5.88 Å². The van der Waals surface area contributed by atoms with E-state index < -0.39 is 5.82 Å². The number of rotatable bonds is 2. The van der Waals surface area contributed by atoms with E-state index in [1.165, 1.54) is 12.1 Å². The van der Waals surface area contributed by atoms with Crippen LogP contribution >= 0.6 is 15.9 Å². The van der Waals surface area contributed by atoms with Gasteiger partial charge in [0.15, 0.2) is 0 Å². The van der Waals surface area contributed by atoms with Crippen molar-refractivity contribution in [3.05, 3.63) is 46.8 Å². The number of nitrogen functional groups attached to an aromatic ring is 1. The van der Waals surface area contributed by atoms with Crippen LogP contribution < -0.4 is 10.5 Å². The lowest BCUT2D eigenvalue weighted by molar-refractivity contribution is 0.457. The smallest absolute Gasteiger partial charge is 0.219 e. The highest BCUT2D eigenvalue weighted by Gasteiger charge is 2.05. The molecule has 1 aromatic heterocycles. The number of anilines is 1. The summed E-state index contributed by atoms with van der Waals surface area (Å²) in [6, 6.07) is 7.98. The Hall–Kier alpha value is -1.62. The third kappa shape index (κ3) is 2.30. The van der Waals surface area contributed by atoms with Crippen LogP contribution in [0.3, 0.4) is 0 Å². The maximum atomic E-state index is 12.6. The first kappa shape index (κ1) is 10.9. The first-order valence-electron chi connectivity index (χ1n) is 4.50. The monoisotopic (exact) mass is 282 g/mol. The maximum absolute atomic E-state index is 12.6. The Kier molecular flexibility index (Phi) is 3.05. The van der Waals surface area contributed by atoms with Crippen LogP contribution in [0.1, 0.15) is 0 Å². The van der Waals surface area contributed by atoms with Gasteiger partial charge in [-0.15, -0.1) is 0 Å². The summed E-state index contributed by atoms with van der Waals surface area (Å²) in [5.74, 6) is 0.450. The summed E-state index contributed by atoms with van der Waals surface area (Å²) in [7, 11) is 0. The van der Waals surface area contributed by atoms with Crippen LogP contribution in [0.25, 0.3) is 0 Å². The molecule has 2 aromatic rings. The van der Waals surface area contributed by atoms with E-state index in [0.717, 1.165) is 6.20 Å². The van der Waals surface area contributed by atoms with E-state index >= 15 is 0 Å². The van der Waals surface area contributed by atoms with Gasteiger partial charge in [-0.1, -0.05) is 6.07 Å². The molecule has 0 aliphatic heterocycles. The summed E-state index contributed by atoms with van der Waals surface area (Å²) >= 11 is 3.30. The largest absolute Gasteiger partial charge is 0.438 e. The van der Waals surface area contributed by atoms with Crippen LogP contribution in [0.4, 0.5) is 10.1 Å². The van der Waals surface area contributed by atoms with Crippen LogP contribution in [0.5, 0.6) is 11.6 Å². The lowest BCUT2D eigenvalue weighted by atomic mass is 10.3. The molecule has 16 heavy (non-hydrogen) atoms. The lowest BCUT2D eigenvalue weighted by Gasteiger charge is -2.07. The number of ether oxygens (including phenoxy) is 1. The Labute approximate surface area is 100 Å². The summed E-state index contributed by atoms with van der Waals surface area (Å²) in [5, 5.41) is 0. The number of hydrogen-bond acceptors (Lipinski definition) is 3. The normalized spacial score (nSPS) is 10.1. The average Bonchev–Trinajstić information content (AvgIpc) is 2.28. The fourth-order valence-corrected chi connectivity index (χ4v) is 1.49. The van der Waals surface area contributed by atoms with Gasteiger partial charge in [-0.25, -0.2) is 9.37 Å². The third-order valence-electron chi connectivity index (χ3n) is 1.91. The molecule has 0 aliphatic carbocycles. The molecule has 0 amide bonds. The van der Waals surface area contributed by atoms with Crippen LogP contribution in [-0.2, 0) is 0 Å². The number of nitrogens with zero attached hydrogens (tertiary/aromatic N) is 1. The van der Waals surface area contributed by atoms with Crippen molar-refractivity contribution in [2.45, 2.75) is 0 Å². The number of nitrogens with two attached hydrogens (primary N) is 1. The zero-order valence-corrected chi connectivity index (χ0v) is 9.74. The molecule has 0 fully saturated rings. The molecule has 0 aliphatic rings. The maximum Gasteiger partial charge on any atom is 0.219 e. The zero-order chi connectivity index (χ0) is 11.5. The van der Waals surface area contributed by atoms with Crippen molar-refractivity contribution in [3.63, 3.8) is 0 Å². The summed E-state index contributed by atoms with van der Waals surface area (Å²) in [6.07, 6.45) is 1.09. The topological polar surface area (TPSA) is 48.1 Å². The van der Waals surface area contributed by atoms with E-state index in [-0.39, 0.29) is 0 Å². The minimum atomic E-state index is -0.404. The highest BCUT2D eigenvalue weighted by Crippen LogP contribution is 2.32. The van der Waals surface area contributed by atoms with Gasteiger partial charge < -0.3 is 10.5 Å². The summed E-state index contributed by atoms with van der Waals surface area (Å²) < 4.78 is 18.7.